The molecule has 1 heterocycles. The first-order valence-corrected chi connectivity index (χ1v) is 14.4. The van der Waals surface area contributed by atoms with Crippen molar-refractivity contribution in [3.63, 3.8) is 0 Å². The molecule has 0 unspecified atom stereocenters. The second-order valence-corrected chi connectivity index (χ2v) is 10.2. The third-order valence-electron chi connectivity index (χ3n) is 7.17. The van der Waals surface area contributed by atoms with Crippen molar-refractivity contribution in [3.8, 4) is 11.5 Å². The van der Waals surface area contributed by atoms with E-state index in [1.807, 2.05) is 67.6 Å². The molecule has 1 aliphatic rings. The first kappa shape index (κ1) is 31.1. The molecule has 10 nitrogen and oxygen atoms in total. The fourth-order valence-corrected chi connectivity index (χ4v) is 4.81. The number of nitrogens with one attached hydrogen (secondary N) is 2. The molecule has 0 aliphatic carbocycles. The lowest BCUT2D eigenvalue weighted by atomic mass is 10.0. The number of carbonyl (C=O) groups is 4. The second-order valence-electron chi connectivity index (χ2n) is 10.2. The standard InChI is InChI=1S/C33H38N4O6/c1-3-37-19-21-43-29-17-11-10-16-26(29)31(39)35-28(32(40)36(2)18-20-42-25-14-8-5-9-15-25)23-30(38)34-27(33(37)41)22-24-12-6-4-7-13-24/h4-17,27-28H,3,18-23H2,1-2H3,(H,34,38)(H,35,39)/t27-,28-/m0/s1. The van der Waals surface area contributed by atoms with Crippen LogP contribution in [0.4, 0.5) is 0 Å². The van der Waals surface area contributed by atoms with Gasteiger partial charge < -0.3 is 29.9 Å². The van der Waals surface area contributed by atoms with Crippen LogP contribution in [0.5, 0.6) is 11.5 Å². The molecule has 0 fully saturated rings. The van der Waals surface area contributed by atoms with Gasteiger partial charge in [0, 0.05) is 20.0 Å². The topological polar surface area (TPSA) is 117 Å². The van der Waals surface area contributed by atoms with Gasteiger partial charge in [-0.15, -0.1) is 0 Å². The van der Waals surface area contributed by atoms with Crippen molar-refractivity contribution in [1.82, 2.24) is 20.4 Å². The summed E-state index contributed by atoms with van der Waals surface area (Å²) in [6.45, 7) is 3.11. The van der Waals surface area contributed by atoms with Crippen LogP contribution >= 0.6 is 0 Å². The molecular weight excluding hydrogens is 548 g/mol. The zero-order valence-corrected chi connectivity index (χ0v) is 24.5. The number of likely N-dealkylation sites (N-methyl/N-ethyl adjacent to an activating group) is 2. The smallest absolute Gasteiger partial charge is 0.255 e. The van der Waals surface area contributed by atoms with Gasteiger partial charge in [0.1, 0.15) is 36.8 Å². The Kier molecular flexibility index (Phi) is 11.1. The summed E-state index contributed by atoms with van der Waals surface area (Å²) >= 11 is 0. The van der Waals surface area contributed by atoms with E-state index in [9.17, 15) is 19.2 Å². The summed E-state index contributed by atoms with van der Waals surface area (Å²) in [5, 5.41) is 5.57. The summed E-state index contributed by atoms with van der Waals surface area (Å²) in [7, 11) is 1.59. The van der Waals surface area contributed by atoms with E-state index < -0.39 is 29.8 Å². The van der Waals surface area contributed by atoms with Crippen LogP contribution < -0.4 is 20.1 Å². The molecule has 0 spiro atoms. The maximum absolute atomic E-state index is 13.6. The van der Waals surface area contributed by atoms with Gasteiger partial charge in [-0.3, -0.25) is 19.2 Å². The highest BCUT2D eigenvalue weighted by Gasteiger charge is 2.31. The van der Waals surface area contributed by atoms with Gasteiger partial charge in [-0.1, -0.05) is 60.7 Å². The van der Waals surface area contributed by atoms with E-state index in [1.165, 1.54) is 4.90 Å². The first-order chi connectivity index (χ1) is 20.9. The average molecular weight is 587 g/mol. The molecule has 2 N–H and O–H groups in total. The Bertz CT molecular complexity index is 1380. The zero-order chi connectivity index (χ0) is 30.6. The SMILES string of the molecule is CCN1CCOc2ccccc2C(=O)N[C@H](C(=O)N(C)CCOc2ccccc2)CC(=O)N[C@@H](Cc2ccccc2)C1=O. The van der Waals surface area contributed by atoms with Gasteiger partial charge in [-0.25, -0.2) is 0 Å². The maximum Gasteiger partial charge on any atom is 0.255 e. The van der Waals surface area contributed by atoms with E-state index in [-0.39, 0.29) is 50.6 Å². The van der Waals surface area contributed by atoms with E-state index in [4.69, 9.17) is 9.47 Å². The fourth-order valence-electron chi connectivity index (χ4n) is 4.81. The summed E-state index contributed by atoms with van der Waals surface area (Å²) < 4.78 is 11.7. The molecule has 0 aromatic heterocycles. The van der Waals surface area contributed by atoms with E-state index in [0.29, 0.717) is 18.0 Å². The van der Waals surface area contributed by atoms with Gasteiger partial charge in [0.25, 0.3) is 5.91 Å². The van der Waals surface area contributed by atoms with Crippen molar-refractivity contribution in [2.45, 2.75) is 31.8 Å². The number of nitrogens with zero attached hydrogens (tertiary/aromatic N) is 2. The van der Waals surface area contributed by atoms with E-state index in [1.54, 1.807) is 36.2 Å². The van der Waals surface area contributed by atoms with Crippen LogP contribution in [0.15, 0.2) is 84.9 Å². The molecule has 4 rings (SSSR count). The van der Waals surface area contributed by atoms with Crippen molar-refractivity contribution in [1.29, 1.82) is 0 Å². The Balaban J connectivity index is 1.57. The lowest BCUT2D eigenvalue weighted by Gasteiger charge is -2.29. The first-order valence-electron chi connectivity index (χ1n) is 14.4. The van der Waals surface area contributed by atoms with E-state index in [0.717, 1.165) is 5.56 Å². The summed E-state index contributed by atoms with van der Waals surface area (Å²) in [6.07, 6.45) is -0.0878. The lowest BCUT2D eigenvalue weighted by molar-refractivity contribution is -0.138. The molecule has 0 saturated carbocycles. The molecule has 10 heteroatoms. The molecule has 0 radical (unpaired) electrons. The number of amides is 4. The largest absolute Gasteiger partial charge is 0.492 e. The average Bonchev–Trinajstić information content (AvgIpc) is 3.02. The minimum Gasteiger partial charge on any atom is -0.492 e. The van der Waals surface area contributed by atoms with Gasteiger partial charge in [-0.05, 0) is 36.8 Å². The molecule has 4 amide bonds. The molecule has 43 heavy (non-hydrogen) atoms. The molecule has 3 aromatic carbocycles. The molecule has 0 bridgehead atoms. The summed E-state index contributed by atoms with van der Waals surface area (Å²) in [6, 6.07) is 23.2. The van der Waals surface area contributed by atoms with Crippen LogP contribution in [0.25, 0.3) is 0 Å². The van der Waals surface area contributed by atoms with Crippen LogP contribution in [0.1, 0.15) is 29.3 Å². The normalized spacial score (nSPS) is 17.9. The predicted molar refractivity (Wildman–Crippen MR) is 162 cm³/mol. The van der Waals surface area contributed by atoms with Crippen molar-refractivity contribution in [3.05, 3.63) is 96.1 Å². The Morgan fingerprint density at radius 1 is 0.953 bits per heavy atom. The quantitative estimate of drug-likeness (QED) is 0.419. The Morgan fingerprint density at radius 3 is 2.35 bits per heavy atom. The predicted octanol–water partition coefficient (Wildman–Crippen LogP) is 2.68. The summed E-state index contributed by atoms with van der Waals surface area (Å²) in [5.74, 6) is -0.804. The monoisotopic (exact) mass is 586 g/mol. The molecular formula is C33H38N4O6. The number of hydrogen-bond acceptors (Lipinski definition) is 6. The highest BCUT2D eigenvalue weighted by Crippen LogP contribution is 2.19. The fraction of sp³-hybridized carbons (Fsp3) is 0.333. The molecule has 2 atom stereocenters. The van der Waals surface area contributed by atoms with Gasteiger partial charge in [0.2, 0.25) is 17.7 Å². The molecule has 0 saturated heterocycles. The van der Waals surface area contributed by atoms with Crippen molar-refractivity contribution in [2.24, 2.45) is 0 Å². The van der Waals surface area contributed by atoms with Crippen molar-refractivity contribution >= 4 is 23.6 Å². The van der Waals surface area contributed by atoms with E-state index >= 15 is 0 Å². The second kappa shape index (κ2) is 15.4. The zero-order valence-electron chi connectivity index (χ0n) is 24.5. The number of ether oxygens (including phenoxy) is 2. The van der Waals surface area contributed by atoms with Crippen LogP contribution in [0.2, 0.25) is 0 Å². The third kappa shape index (κ3) is 8.81. The minimum atomic E-state index is -1.19. The molecule has 226 valence electrons. The third-order valence-corrected chi connectivity index (χ3v) is 7.17. The number of rotatable bonds is 8. The minimum absolute atomic E-state index is 0.141. The number of carbonyl (C=O) groups excluding carboxylic acids is 4. The Morgan fingerprint density at radius 2 is 1.63 bits per heavy atom. The van der Waals surface area contributed by atoms with Gasteiger partial charge in [-0.2, -0.15) is 0 Å². The molecule has 3 aromatic rings. The highest BCUT2D eigenvalue weighted by molar-refractivity contribution is 6.01. The highest BCUT2D eigenvalue weighted by atomic mass is 16.5. The van der Waals surface area contributed by atoms with Crippen molar-refractivity contribution < 1.29 is 28.7 Å². The maximum atomic E-state index is 13.6. The Hall–Kier alpha value is -4.86. The van der Waals surface area contributed by atoms with Gasteiger partial charge in [0.15, 0.2) is 0 Å². The van der Waals surface area contributed by atoms with E-state index in [2.05, 4.69) is 10.6 Å². The number of benzene rings is 3. The van der Waals surface area contributed by atoms with Gasteiger partial charge in [0.05, 0.1) is 25.1 Å². The van der Waals surface area contributed by atoms with Crippen molar-refractivity contribution in [2.75, 3.05) is 39.9 Å². The van der Waals surface area contributed by atoms with Crippen LogP contribution in [0, 0.1) is 0 Å². The summed E-state index contributed by atoms with van der Waals surface area (Å²) in [5.41, 5.74) is 1.10. The number of hydrogen-bond donors (Lipinski definition) is 2. The molecule has 1 aliphatic heterocycles. The number of para-hydroxylation sites is 2. The van der Waals surface area contributed by atoms with Crippen LogP contribution in [0.3, 0.4) is 0 Å². The van der Waals surface area contributed by atoms with Gasteiger partial charge >= 0.3 is 0 Å². The lowest BCUT2D eigenvalue weighted by Crippen LogP contribution is -2.54. The Labute approximate surface area is 252 Å². The number of fused-ring (bicyclic) bond motifs is 1. The summed E-state index contributed by atoms with van der Waals surface area (Å²) in [4.78, 5) is 57.1. The van der Waals surface area contributed by atoms with Crippen LogP contribution in [-0.2, 0) is 20.8 Å². The van der Waals surface area contributed by atoms with Crippen LogP contribution in [-0.4, -0.2) is 85.4 Å².